The number of hydrogen-bond donors (Lipinski definition) is 0. The summed E-state index contributed by atoms with van der Waals surface area (Å²) in [5.74, 6) is 0.498. The number of para-hydroxylation sites is 1. The van der Waals surface area contributed by atoms with Gasteiger partial charge in [-0.3, -0.25) is 0 Å². The standard InChI is InChI=1S/C13H15ClN2O2/c1-9(2)17-7-8-18-12-10-5-3-4-6-11(10)15-13(14)16-12/h3-6,9H,7-8H2,1-2H3. The Balaban J connectivity index is 2.12. The molecule has 0 unspecified atom stereocenters. The first-order valence-corrected chi connectivity index (χ1v) is 6.21. The van der Waals surface area contributed by atoms with Crippen LogP contribution >= 0.6 is 11.6 Å². The van der Waals surface area contributed by atoms with E-state index in [0.29, 0.717) is 19.1 Å². The molecule has 0 saturated heterocycles. The molecule has 2 rings (SSSR count). The van der Waals surface area contributed by atoms with Crippen molar-refractivity contribution in [3.05, 3.63) is 29.5 Å². The Labute approximate surface area is 111 Å². The topological polar surface area (TPSA) is 44.2 Å². The zero-order valence-corrected chi connectivity index (χ0v) is 11.1. The Bertz CT molecular complexity index is 531. The molecular formula is C13H15ClN2O2. The molecule has 1 heterocycles. The lowest BCUT2D eigenvalue weighted by Crippen LogP contribution is -2.12. The van der Waals surface area contributed by atoms with E-state index in [0.717, 1.165) is 10.9 Å². The molecule has 0 bridgehead atoms. The van der Waals surface area contributed by atoms with Gasteiger partial charge in [0.15, 0.2) is 0 Å². The summed E-state index contributed by atoms with van der Waals surface area (Å²) >= 11 is 5.85. The highest BCUT2D eigenvalue weighted by Gasteiger charge is 2.07. The second kappa shape index (κ2) is 5.98. The first-order valence-electron chi connectivity index (χ1n) is 5.83. The zero-order chi connectivity index (χ0) is 13.0. The van der Waals surface area contributed by atoms with Crippen LogP contribution in [0.15, 0.2) is 24.3 Å². The maximum absolute atomic E-state index is 5.85. The van der Waals surface area contributed by atoms with Gasteiger partial charge >= 0.3 is 0 Å². The molecule has 0 spiro atoms. The minimum atomic E-state index is 0.188. The normalized spacial score (nSPS) is 11.1. The van der Waals surface area contributed by atoms with E-state index in [-0.39, 0.29) is 11.4 Å². The number of benzene rings is 1. The average Bonchev–Trinajstić information content (AvgIpc) is 2.34. The van der Waals surface area contributed by atoms with E-state index in [4.69, 9.17) is 21.1 Å². The highest BCUT2D eigenvalue weighted by Crippen LogP contribution is 2.23. The molecular weight excluding hydrogens is 252 g/mol. The molecule has 18 heavy (non-hydrogen) atoms. The van der Waals surface area contributed by atoms with Gasteiger partial charge in [0.1, 0.15) is 6.61 Å². The van der Waals surface area contributed by atoms with Crippen molar-refractivity contribution in [2.75, 3.05) is 13.2 Å². The molecule has 0 fully saturated rings. The molecule has 5 heteroatoms. The summed E-state index contributed by atoms with van der Waals surface area (Å²) in [5, 5.41) is 1.04. The lowest BCUT2D eigenvalue weighted by molar-refractivity contribution is 0.0546. The molecule has 0 saturated carbocycles. The van der Waals surface area contributed by atoms with E-state index >= 15 is 0 Å². The van der Waals surface area contributed by atoms with Gasteiger partial charge in [0.05, 0.1) is 23.6 Å². The van der Waals surface area contributed by atoms with Crippen molar-refractivity contribution in [1.29, 1.82) is 0 Å². The summed E-state index contributed by atoms with van der Waals surface area (Å²) in [7, 11) is 0. The summed E-state index contributed by atoms with van der Waals surface area (Å²) in [5.41, 5.74) is 0.775. The van der Waals surface area contributed by atoms with Crippen molar-refractivity contribution in [2.24, 2.45) is 0 Å². The smallest absolute Gasteiger partial charge is 0.226 e. The van der Waals surface area contributed by atoms with Gasteiger partial charge in [0.2, 0.25) is 11.2 Å². The van der Waals surface area contributed by atoms with Crippen LogP contribution in [0.4, 0.5) is 0 Å². The number of halogens is 1. The Kier molecular flexibility index (Phi) is 4.33. The fraction of sp³-hybridized carbons (Fsp3) is 0.385. The van der Waals surface area contributed by atoms with Crippen LogP contribution in [0.3, 0.4) is 0 Å². The van der Waals surface area contributed by atoms with Crippen molar-refractivity contribution in [1.82, 2.24) is 9.97 Å². The predicted octanol–water partition coefficient (Wildman–Crippen LogP) is 3.09. The quantitative estimate of drug-likeness (QED) is 0.616. The molecule has 2 aromatic rings. The summed E-state index contributed by atoms with van der Waals surface area (Å²) in [6.07, 6.45) is 0.194. The minimum Gasteiger partial charge on any atom is -0.475 e. The third-order valence-corrected chi connectivity index (χ3v) is 2.48. The van der Waals surface area contributed by atoms with E-state index in [1.807, 2.05) is 38.1 Å². The van der Waals surface area contributed by atoms with Crippen LogP contribution in [0.5, 0.6) is 5.88 Å². The molecule has 4 nitrogen and oxygen atoms in total. The molecule has 0 aliphatic heterocycles. The second-order valence-corrected chi connectivity index (χ2v) is 4.42. The van der Waals surface area contributed by atoms with Crippen molar-refractivity contribution in [2.45, 2.75) is 20.0 Å². The van der Waals surface area contributed by atoms with Gasteiger partial charge < -0.3 is 9.47 Å². The number of fused-ring (bicyclic) bond motifs is 1. The third kappa shape index (κ3) is 3.31. The van der Waals surface area contributed by atoms with Gasteiger partial charge in [-0.25, -0.2) is 4.98 Å². The van der Waals surface area contributed by atoms with Crippen LogP contribution in [0.2, 0.25) is 5.28 Å². The van der Waals surface area contributed by atoms with E-state index in [1.165, 1.54) is 0 Å². The van der Waals surface area contributed by atoms with Gasteiger partial charge in [0.25, 0.3) is 0 Å². The number of nitrogens with zero attached hydrogens (tertiary/aromatic N) is 2. The Hall–Kier alpha value is -1.39. The number of rotatable bonds is 5. The Morgan fingerprint density at radius 3 is 2.72 bits per heavy atom. The maximum Gasteiger partial charge on any atom is 0.226 e. The second-order valence-electron chi connectivity index (χ2n) is 4.08. The monoisotopic (exact) mass is 266 g/mol. The highest BCUT2D eigenvalue weighted by atomic mass is 35.5. The number of hydrogen-bond acceptors (Lipinski definition) is 4. The lowest BCUT2D eigenvalue weighted by Gasteiger charge is -2.10. The van der Waals surface area contributed by atoms with E-state index < -0.39 is 0 Å². The summed E-state index contributed by atoms with van der Waals surface area (Å²) in [6.45, 7) is 4.93. The van der Waals surface area contributed by atoms with Crippen LogP contribution < -0.4 is 4.74 Å². The Morgan fingerprint density at radius 1 is 1.17 bits per heavy atom. The van der Waals surface area contributed by atoms with Crippen LogP contribution in [0, 0.1) is 0 Å². The predicted molar refractivity (Wildman–Crippen MR) is 71.1 cm³/mol. The fourth-order valence-corrected chi connectivity index (χ4v) is 1.72. The number of aromatic nitrogens is 2. The van der Waals surface area contributed by atoms with E-state index in [2.05, 4.69) is 9.97 Å². The highest BCUT2D eigenvalue weighted by molar-refractivity contribution is 6.28. The van der Waals surface area contributed by atoms with Gasteiger partial charge in [-0.2, -0.15) is 4.98 Å². The van der Waals surface area contributed by atoms with Crippen LogP contribution in [0.25, 0.3) is 10.9 Å². The van der Waals surface area contributed by atoms with Crippen LogP contribution in [-0.4, -0.2) is 29.3 Å². The Morgan fingerprint density at radius 2 is 1.94 bits per heavy atom. The van der Waals surface area contributed by atoms with Gasteiger partial charge in [-0.05, 0) is 37.6 Å². The van der Waals surface area contributed by atoms with Crippen molar-refractivity contribution in [3.8, 4) is 5.88 Å². The largest absolute Gasteiger partial charge is 0.475 e. The zero-order valence-electron chi connectivity index (χ0n) is 10.4. The first-order chi connectivity index (χ1) is 8.66. The summed E-state index contributed by atoms with van der Waals surface area (Å²) < 4.78 is 11.0. The van der Waals surface area contributed by atoms with Crippen molar-refractivity contribution < 1.29 is 9.47 Å². The third-order valence-electron chi connectivity index (χ3n) is 2.31. The molecule has 0 aliphatic rings. The maximum atomic E-state index is 5.85. The molecule has 0 radical (unpaired) electrons. The molecule has 0 aliphatic carbocycles. The molecule has 0 amide bonds. The molecule has 1 aromatic heterocycles. The summed E-state index contributed by atoms with van der Waals surface area (Å²) in [6, 6.07) is 7.60. The van der Waals surface area contributed by atoms with Crippen LogP contribution in [-0.2, 0) is 4.74 Å². The summed E-state index contributed by atoms with van der Waals surface area (Å²) in [4.78, 5) is 8.23. The van der Waals surface area contributed by atoms with E-state index in [9.17, 15) is 0 Å². The molecule has 0 N–H and O–H groups in total. The van der Waals surface area contributed by atoms with E-state index in [1.54, 1.807) is 0 Å². The molecule has 1 aromatic carbocycles. The van der Waals surface area contributed by atoms with Gasteiger partial charge in [0, 0.05) is 0 Å². The van der Waals surface area contributed by atoms with Crippen molar-refractivity contribution in [3.63, 3.8) is 0 Å². The lowest BCUT2D eigenvalue weighted by atomic mass is 10.2. The first kappa shape index (κ1) is 13.1. The SMILES string of the molecule is CC(C)OCCOc1nc(Cl)nc2ccccc12. The number of ether oxygens (including phenoxy) is 2. The van der Waals surface area contributed by atoms with Crippen molar-refractivity contribution >= 4 is 22.5 Å². The van der Waals surface area contributed by atoms with Gasteiger partial charge in [-0.1, -0.05) is 12.1 Å². The molecule has 96 valence electrons. The van der Waals surface area contributed by atoms with Gasteiger partial charge in [-0.15, -0.1) is 0 Å². The fourth-order valence-electron chi connectivity index (χ4n) is 1.55. The average molecular weight is 267 g/mol. The molecule has 0 atom stereocenters. The van der Waals surface area contributed by atoms with Crippen LogP contribution in [0.1, 0.15) is 13.8 Å². The minimum absolute atomic E-state index is 0.188.